The number of β-lactam (4-membered cyclic amide) rings is 1. The summed E-state index contributed by atoms with van der Waals surface area (Å²) in [6.07, 6.45) is -0.937. The van der Waals surface area contributed by atoms with Crippen LogP contribution in [0.5, 0.6) is 0 Å². The summed E-state index contributed by atoms with van der Waals surface area (Å²) in [5, 5.41) is -0.413. The normalized spacial score (nSPS) is 18.7. The van der Waals surface area contributed by atoms with E-state index in [2.05, 4.69) is 4.74 Å². The molecule has 0 spiro atoms. The topological polar surface area (TPSA) is 134 Å². The fourth-order valence-electron chi connectivity index (χ4n) is 4.44. The van der Waals surface area contributed by atoms with E-state index in [0.717, 1.165) is 15.9 Å². The second-order valence-electron chi connectivity index (χ2n) is 8.82. The molecule has 2 N–H and O–H groups in total. The number of hydrogen-bond acceptors (Lipinski definition) is 9. The smallest absolute Gasteiger partial charge is 0.356 e. The highest BCUT2D eigenvalue weighted by atomic mass is 32.2. The van der Waals surface area contributed by atoms with E-state index in [1.807, 2.05) is 60.7 Å². The molecular formula is C27H25N3O7S. The summed E-state index contributed by atoms with van der Waals surface area (Å²) in [7, 11) is 1.24. The van der Waals surface area contributed by atoms with E-state index in [0.29, 0.717) is 11.3 Å². The number of carbonyl (C=O) groups is 3. The molecule has 1 fully saturated rings. The summed E-state index contributed by atoms with van der Waals surface area (Å²) in [6, 6.07) is 19.0. The van der Waals surface area contributed by atoms with Gasteiger partial charge in [-0.25, -0.2) is 4.79 Å². The number of esters is 2. The molecule has 1 unspecified atom stereocenters. The molecular weight excluding hydrogens is 510 g/mol. The van der Waals surface area contributed by atoms with Crippen LogP contribution in [0.3, 0.4) is 0 Å². The van der Waals surface area contributed by atoms with Crippen LogP contribution in [0.15, 0.2) is 87.3 Å². The van der Waals surface area contributed by atoms with Crippen LogP contribution in [0.1, 0.15) is 23.0 Å². The Morgan fingerprint density at radius 1 is 1.08 bits per heavy atom. The van der Waals surface area contributed by atoms with Crippen molar-refractivity contribution in [2.75, 3.05) is 12.9 Å². The number of nitrogens with two attached hydrogens (primary N) is 1. The van der Waals surface area contributed by atoms with Gasteiger partial charge in [0.05, 0.1) is 13.7 Å². The van der Waals surface area contributed by atoms with Gasteiger partial charge in [-0.1, -0.05) is 60.7 Å². The van der Waals surface area contributed by atoms with Crippen LogP contribution in [-0.2, 0) is 36.8 Å². The van der Waals surface area contributed by atoms with Crippen molar-refractivity contribution >= 4 is 29.6 Å². The Labute approximate surface area is 221 Å². The van der Waals surface area contributed by atoms with Gasteiger partial charge in [0.1, 0.15) is 29.3 Å². The predicted octanol–water partition coefficient (Wildman–Crippen LogP) is 1.99. The summed E-state index contributed by atoms with van der Waals surface area (Å²) in [4.78, 5) is 52.0. The quantitative estimate of drug-likeness (QED) is 0.339. The van der Waals surface area contributed by atoms with Gasteiger partial charge in [-0.3, -0.25) is 19.3 Å². The number of amides is 1. The van der Waals surface area contributed by atoms with E-state index >= 15 is 0 Å². The number of aromatic nitrogens is 1. The molecule has 11 heteroatoms. The Bertz CT molecular complexity index is 1410. The summed E-state index contributed by atoms with van der Waals surface area (Å²) >= 11 is 1.40. The molecule has 2 atom stereocenters. The van der Waals surface area contributed by atoms with Gasteiger partial charge < -0.3 is 19.7 Å². The van der Waals surface area contributed by atoms with Gasteiger partial charge in [-0.2, -0.15) is 4.74 Å². The minimum absolute atomic E-state index is 0.0510. The molecule has 0 radical (unpaired) electrons. The molecule has 3 heterocycles. The van der Waals surface area contributed by atoms with E-state index in [1.54, 1.807) is 0 Å². The average molecular weight is 536 g/mol. The van der Waals surface area contributed by atoms with Crippen LogP contribution in [-0.4, -0.2) is 51.8 Å². The number of benzene rings is 2. The number of nitrogens with zero attached hydrogens (tertiary/aromatic N) is 2. The van der Waals surface area contributed by atoms with Crippen LogP contribution >= 0.6 is 11.8 Å². The van der Waals surface area contributed by atoms with Gasteiger partial charge in [0.15, 0.2) is 6.10 Å². The Kier molecular flexibility index (Phi) is 7.21. The van der Waals surface area contributed by atoms with Gasteiger partial charge in [0.2, 0.25) is 5.91 Å². The molecule has 2 aromatic carbocycles. The van der Waals surface area contributed by atoms with Crippen LogP contribution in [0.25, 0.3) is 0 Å². The highest BCUT2D eigenvalue weighted by Crippen LogP contribution is 2.41. The maximum absolute atomic E-state index is 13.8. The molecule has 2 aliphatic heterocycles. The van der Waals surface area contributed by atoms with Gasteiger partial charge in [-0.05, 0) is 16.7 Å². The highest BCUT2D eigenvalue weighted by molar-refractivity contribution is 8.00. The zero-order chi connectivity index (χ0) is 26.8. The van der Waals surface area contributed by atoms with E-state index in [4.69, 9.17) is 15.0 Å². The third-order valence-corrected chi connectivity index (χ3v) is 7.71. The van der Waals surface area contributed by atoms with Crippen molar-refractivity contribution in [1.82, 2.24) is 9.64 Å². The van der Waals surface area contributed by atoms with E-state index < -0.39 is 40.9 Å². The summed E-state index contributed by atoms with van der Waals surface area (Å²) in [6.45, 7) is -0.107. The largest absolute Gasteiger partial charge is 0.469 e. The maximum atomic E-state index is 13.8. The summed E-state index contributed by atoms with van der Waals surface area (Å²) < 4.78 is 17.3. The van der Waals surface area contributed by atoms with Crippen molar-refractivity contribution in [2.24, 2.45) is 5.73 Å². The number of rotatable bonds is 8. The number of carbonyl (C=O) groups excluding carboxylic acids is 3. The maximum Gasteiger partial charge on any atom is 0.356 e. The van der Waals surface area contributed by atoms with Gasteiger partial charge in [0, 0.05) is 11.8 Å². The fourth-order valence-corrected chi connectivity index (χ4v) is 5.72. The molecule has 5 rings (SSSR count). The Morgan fingerprint density at radius 2 is 1.71 bits per heavy atom. The van der Waals surface area contributed by atoms with E-state index in [9.17, 15) is 19.2 Å². The summed E-state index contributed by atoms with van der Waals surface area (Å²) in [5.41, 5.74) is 7.56. The standard InChI is InChI=1S/C27H25N3O7S/c1-35-21(32)13-19-12-20(31)29(37-19)14-18-15-38-26-22(28)25(33)30(26)23(18)27(34)36-24(16-8-4-2-5-9-16)17-10-6-3-7-11-17/h2-12,22,24,26H,13-15,28H2,1H3/t22?,26-/m1/s1. The third kappa shape index (κ3) is 4.90. The van der Waals surface area contributed by atoms with E-state index in [1.165, 1.54) is 29.8 Å². The van der Waals surface area contributed by atoms with Crippen LogP contribution in [0, 0.1) is 0 Å². The van der Waals surface area contributed by atoms with Gasteiger partial charge in [0.25, 0.3) is 5.56 Å². The number of ether oxygens (including phenoxy) is 2. The lowest BCUT2D eigenvalue weighted by atomic mass is 10.0. The lowest BCUT2D eigenvalue weighted by Gasteiger charge is -2.48. The number of methoxy groups -OCH3 is 1. The Hall–Kier alpha value is -4.09. The first kappa shape index (κ1) is 25.6. The molecule has 10 nitrogen and oxygen atoms in total. The first-order valence-corrected chi connectivity index (χ1v) is 12.9. The zero-order valence-electron chi connectivity index (χ0n) is 20.4. The third-order valence-electron chi connectivity index (χ3n) is 6.35. The first-order valence-electron chi connectivity index (χ1n) is 11.9. The van der Waals surface area contributed by atoms with Gasteiger partial charge in [-0.15, -0.1) is 11.8 Å². The van der Waals surface area contributed by atoms with Gasteiger partial charge >= 0.3 is 11.9 Å². The minimum Gasteiger partial charge on any atom is -0.469 e. The average Bonchev–Trinajstić information content (AvgIpc) is 3.29. The number of fused-ring (bicyclic) bond motifs is 1. The summed E-state index contributed by atoms with van der Waals surface area (Å²) in [5.74, 6) is -1.21. The van der Waals surface area contributed by atoms with Crippen LogP contribution in [0.4, 0.5) is 0 Å². The molecule has 1 aromatic heterocycles. The second-order valence-corrected chi connectivity index (χ2v) is 9.93. The fraction of sp³-hybridized carbons (Fsp3) is 0.259. The van der Waals surface area contributed by atoms with Crippen molar-refractivity contribution in [3.8, 4) is 0 Å². The lowest BCUT2D eigenvalue weighted by Crippen LogP contribution is -2.68. The molecule has 1 saturated heterocycles. The molecule has 1 amide bonds. The molecule has 2 aliphatic rings. The van der Waals surface area contributed by atoms with Crippen molar-refractivity contribution in [3.63, 3.8) is 0 Å². The number of thioether (sulfide) groups is 1. The molecule has 0 bridgehead atoms. The van der Waals surface area contributed by atoms with Crippen molar-refractivity contribution < 1.29 is 28.4 Å². The minimum atomic E-state index is -0.735. The van der Waals surface area contributed by atoms with Crippen LogP contribution < -0.4 is 11.3 Å². The Balaban J connectivity index is 1.50. The zero-order valence-corrected chi connectivity index (χ0v) is 21.3. The first-order chi connectivity index (χ1) is 18.4. The second kappa shape index (κ2) is 10.7. The van der Waals surface area contributed by atoms with Crippen molar-refractivity contribution in [3.05, 3.63) is 105 Å². The molecule has 0 aliphatic carbocycles. The highest BCUT2D eigenvalue weighted by Gasteiger charge is 2.52. The molecule has 3 aromatic rings. The van der Waals surface area contributed by atoms with Crippen LogP contribution in [0.2, 0.25) is 0 Å². The molecule has 0 saturated carbocycles. The Morgan fingerprint density at radius 3 is 2.32 bits per heavy atom. The van der Waals surface area contributed by atoms with E-state index in [-0.39, 0.29) is 24.4 Å². The number of hydrogen-bond donors (Lipinski definition) is 1. The lowest BCUT2D eigenvalue weighted by molar-refractivity contribution is -0.153. The monoisotopic (exact) mass is 535 g/mol. The van der Waals surface area contributed by atoms with Crippen molar-refractivity contribution in [1.29, 1.82) is 0 Å². The predicted molar refractivity (Wildman–Crippen MR) is 138 cm³/mol. The van der Waals surface area contributed by atoms with Crippen molar-refractivity contribution in [2.45, 2.75) is 30.5 Å². The molecule has 196 valence electrons. The molecule has 38 heavy (non-hydrogen) atoms. The SMILES string of the molecule is COC(=O)Cc1cc(=O)n(CC2=C(C(=O)OC(c3ccccc3)c3ccccc3)N3C(=O)C(N)[C@H]3SC2)o1.